The van der Waals surface area contributed by atoms with Crippen molar-refractivity contribution in [1.29, 1.82) is 0 Å². The summed E-state index contributed by atoms with van der Waals surface area (Å²) in [5.74, 6) is 0.392. The van der Waals surface area contributed by atoms with Gasteiger partial charge in [-0.2, -0.15) is 0 Å². The molecule has 2 nitrogen and oxygen atoms in total. The van der Waals surface area contributed by atoms with Crippen LogP contribution in [0.2, 0.25) is 0 Å². The van der Waals surface area contributed by atoms with Gasteiger partial charge in [0, 0.05) is 0 Å². The largest absolute Gasteiger partial charge is 0.295 e. The van der Waals surface area contributed by atoms with Crippen LogP contribution in [-0.2, 0) is 0 Å². The van der Waals surface area contributed by atoms with E-state index in [4.69, 9.17) is 11.6 Å². The molecule has 1 unspecified atom stereocenters. The third-order valence-electron chi connectivity index (χ3n) is 3.10. The highest BCUT2D eigenvalue weighted by Gasteiger charge is 2.16. The summed E-state index contributed by atoms with van der Waals surface area (Å²) in [5.41, 5.74) is 2.47. The van der Waals surface area contributed by atoms with Crippen LogP contribution in [0.1, 0.15) is 18.1 Å². The van der Waals surface area contributed by atoms with Crippen LogP contribution in [0.5, 0.6) is 0 Å². The Kier molecular flexibility index (Phi) is 3.52. The second-order valence-electron chi connectivity index (χ2n) is 4.51. The Labute approximate surface area is 129 Å². The van der Waals surface area contributed by atoms with E-state index in [0.29, 0.717) is 16.0 Å². The average Bonchev–Trinajstić information content (AvgIpc) is 2.81. The number of para-hydroxylation sites is 2. The zero-order chi connectivity index (χ0) is 14.3. The van der Waals surface area contributed by atoms with Crippen molar-refractivity contribution in [2.24, 2.45) is 0 Å². The van der Waals surface area contributed by atoms with Crippen molar-refractivity contribution in [1.82, 2.24) is 9.55 Å². The van der Waals surface area contributed by atoms with Gasteiger partial charge in [0.1, 0.15) is 11.6 Å². The Morgan fingerprint density at radius 1 is 1.25 bits per heavy atom. The van der Waals surface area contributed by atoms with Crippen LogP contribution >= 0.6 is 27.5 Å². The van der Waals surface area contributed by atoms with Gasteiger partial charge < -0.3 is 0 Å². The molecule has 3 aromatic rings. The molecule has 5 heteroatoms. The van der Waals surface area contributed by atoms with Crippen molar-refractivity contribution in [3.05, 3.63) is 58.6 Å². The van der Waals surface area contributed by atoms with Gasteiger partial charge in [0.05, 0.1) is 26.6 Å². The number of imidazole rings is 1. The minimum Gasteiger partial charge on any atom is -0.295 e. The molecule has 102 valence electrons. The smallest absolute Gasteiger partial charge is 0.139 e. The molecule has 0 aliphatic heterocycles. The predicted molar refractivity (Wildman–Crippen MR) is 83.0 cm³/mol. The molecule has 0 fully saturated rings. The number of alkyl halides is 1. The maximum absolute atomic E-state index is 13.8. The summed E-state index contributed by atoms with van der Waals surface area (Å²) in [6.07, 6.45) is 0. The highest BCUT2D eigenvalue weighted by molar-refractivity contribution is 9.10. The summed E-state index contributed by atoms with van der Waals surface area (Å²) in [4.78, 5) is 4.54. The van der Waals surface area contributed by atoms with Crippen LogP contribution in [0.3, 0.4) is 0 Å². The number of nitrogens with zero attached hydrogens (tertiary/aromatic N) is 2. The van der Waals surface area contributed by atoms with E-state index in [-0.39, 0.29) is 11.2 Å². The van der Waals surface area contributed by atoms with Crippen molar-refractivity contribution in [3.8, 4) is 5.69 Å². The van der Waals surface area contributed by atoms with Crippen LogP contribution in [0.25, 0.3) is 16.7 Å². The monoisotopic (exact) mass is 352 g/mol. The predicted octanol–water partition coefficient (Wildman–Crippen LogP) is 5.23. The van der Waals surface area contributed by atoms with Gasteiger partial charge >= 0.3 is 0 Å². The Hall–Kier alpha value is -1.39. The summed E-state index contributed by atoms with van der Waals surface area (Å²) < 4.78 is 16.1. The molecule has 0 spiro atoms. The maximum atomic E-state index is 13.8. The molecule has 0 saturated carbocycles. The first kappa shape index (κ1) is 13.6. The van der Waals surface area contributed by atoms with Crippen molar-refractivity contribution in [3.63, 3.8) is 0 Å². The van der Waals surface area contributed by atoms with Crippen LogP contribution in [0, 0.1) is 5.82 Å². The third kappa shape index (κ3) is 2.23. The van der Waals surface area contributed by atoms with Crippen LogP contribution in [0.4, 0.5) is 4.39 Å². The molecule has 3 rings (SSSR count). The SMILES string of the molecule is CC(Cl)c1nc2ccccc2n1-c1ccc(Br)c(F)c1. The number of halogens is 3. The number of hydrogen-bond donors (Lipinski definition) is 0. The lowest BCUT2D eigenvalue weighted by Crippen LogP contribution is -2.02. The molecule has 0 radical (unpaired) electrons. The zero-order valence-electron chi connectivity index (χ0n) is 10.6. The first-order valence-electron chi connectivity index (χ1n) is 6.15. The molecule has 0 bridgehead atoms. The normalized spacial score (nSPS) is 12.8. The summed E-state index contributed by atoms with van der Waals surface area (Å²) in [6, 6.07) is 12.7. The van der Waals surface area contributed by atoms with Gasteiger partial charge in [-0.05, 0) is 53.2 Å². The van der Waals surface area contributed by atoms with Gasteiger partial charge in [0.25, 0.3) is 0 Å². The Balaban J connectivity index is 2.33. The van der Waals surface area contributed by atoms with Crippen molar-refractivity contribution < 1.29 is 4.39 Å². The molecule has 1 aromatic heterocycles. The van der Waals surface area contributed by atoms with Gasteiger partial charge in [-0.3, -0.25) is 4.57 Å². The number of aromatic nitrogens is 2. The number of hydrogen-bond acceptors (Lipinski definition) is 1. The topological polar surface area (TPSA) is 17.8 Å². The van der Waals surface area contributed by atoms with Gasteiger partial charge in [0.15, 0.2) is 0 Å². The summed E-state index contributed by atoms with van der Waals surface area (Å²) in [6.45, 7) is 1.86. The van der Waals surface area contributed by atoms with E-state index in [1.165, 1.54) is 6.07 Å². The molecule has 0 aliphatic carbocycles. The van der Waals surface area contributed by atoms with Crippen molar-refractivity contribution in [2.45, 2.75) is 12.3 Å². The lowest BCUT2D eigenvalue weighted by Gasteiger charge is -2.11. The average molecular weight is 354 g/mol. The number of benzene rings is 2. The molecule has 1 atom stereocenters. The van der Waals surface area contributed by atoms with Crippen LogP contribution in [0.15, 0.2) is 46.9 Å². The van der Waals surface area contributed by atoms with Gasteiger partial charge in [-0.1, -0.05) is 12.1 Å². The maximum Gasteiger partial charge on any atom is 0.139 e. The Morgan fingerprint density at radius 3 is 2.70 bits per heavy atom. The van der Waals surface area contributed by atoms with Gasteiger partial charge in [-0.15, -0.1) is 11.6 Å². The Bertz CT molecular complexity index is 783. The van der Waals surface area contributed by atoms with Crippen LogP contribution in [-0.4, -0.2) is 9.55 Å². The highest BCUT2D eigenvalue weighted by Crippen LogP contribution is 2.29. The summed E-state index contributed by atoms with van der Waals surface area (Å²) in [5, 5.41) is -0.269. The molecule has 2 aromatic carbocycles. The molecular formula is C15H11BrClFN2. The third-order valence-corrected chi connectivity index (χ3v) is 3.94. The first-order chi connectivity index (χ1) is 9.58. The highest BCUT2D eigenvalue weighted by atomic mass is 79.9. The van der Waals surface area contributed by atoms with Crippen LogP contribution < -0.4 is 0 Å². The van der Waals surface area contributed by atoms with E-state index >= 15 is 0 Å². The van der Waals surface area contributed by atoms with E-state index in [9.17, 15) is 4.39 Å². The molecule has 0 amide bonds. The summed E-state index contributed by atoms with van der Waals surface area (Å²) >= 11 is 9.38. The van der Waals surface area contributed by atoms with Gasteiger partial charge in [0.2, 0.25) is 0 Å². The number of rotatable bonds is 2. The van der Waals surface area contributed by atoms with Gasteiger partial charge in [-0.25, -0.2) is 9.37 Å². The number of fused-ring (bicyclic) bond motifs is 1. The summed E-state index contributed by atoms with van der Waals surface area (Å²) in [7, 11) is 0. The van der Waals surface area contributed by atoms with E-state index < -0.39 is 0 Å². The lowest BCUT2D eigenvalue weighted by molar-refractivity contribution is 0.619. The van der Waals surface area contributed by atoms with Crippen molar-refractivity contribution in [2.75, 3.05) is 0 Å². The fraction of sp³-hybridized carbons (Fsp3) is 0.133. The minimum absolute atomic E-state index is 0.269. The fourth-order valence-electron chi connectivity index (χ4n) is 2.21. The molecule has 1 heterocycles. The quantitative estimate of drug-likeness (QED) is 0.577. The Morgan fingerprint density at radius 2 is 2.00 bits per heavy atom. The molecular weight excluding hydrogens is 343 g/mol. The van der Waals surface area contributed by atoms with E-state index in [1.54, 1.807) is 6.07 Å². The standard InChI is InChI=1S/C15H11BrClFN2/c1-9(17)15-19-13-4-2-3-5-14(13)20(15)10-6-7-11(16)12(18)8-10/h2-9H,1H3. The first-order valence-corrected chi connectivity index (χ1v) is 7.38. The minimum atomic E-state index is -0.312. The van der Waals surface area contributed by atoms with E-state index in [1.807, 2.05) is 41.8 Å². The van der Waals surface area contributed by atoms with Crippen molar-refractivity contribution >= 4 is 38.6 Å². The molecule has 0 N–H and O–H groups in total. The fourth-order valence-corrected chi connectivity index (χ4v) is 2.60. The van der Waals surface area contributed by atoms with E-state index in [0.717, 1.165) is 11.0 Å². The molecule has 0 saturated heterocycles. The van der Waals surface area contributed by atoms with E-state index in [2.05, 4.69) is 20.9 Å². The molecule has 20 heavy (non-hydrogen) atoms. The second-order valence-corrected chi connectivity index (χ2v) is 6.02. The second kappa shape index (κ2) is 5.19. The zero-order valence-corrected chi connectivity index (χ0v) is 13.0. The molecule has 0 aliphatic rings. The lowest BCUT2D eigenvalue weighted by atomic mass is 10.2.